The van der Waals surface area contributed by atoms with Gasteiger partial charge in [0.05, 0.1) is 5.69 Å². The van der Waals surface area contributed by atoms with Crippen molar-refractivity contribution in [2.75, 3.05) is 5.32 Å². The Labute approximate surface area is 179 Å². The van der Waals surface area contributed by atoms with Gasteiger partial charge in [0.1, 0.15) is 0 Å². The van der Waals surface area contributed by atoms with Crippen LogP contribution in [0.5, 0.6) is 0 Å². The highest BCUT2D eigenvalue weighted by molar-refractivity contribution is 7.14. The van der Waals surface area contributed by atoms with Crippen molar-refractivity contribution < 1.29 is 9.59 Å². The largest absolute Gasteiger partial charge is 0.349 e. The molecule has 2 aromatic carbocycles. The second-order valence-electron chi connectivity index (χ2n) is 7.55. The number of carbonyl (C=O) groups is 2. The molecular formula is C24H23N3O2S. The molecule has 1 aliphatic rings. The van der Waals surface area contributed by atoms with Crippen LogP contribution in [0.2, 0.25) is 0 Å². The second-order valence-corrected chi connectivity index (χ2v) is 8.41. The number of anilines is 1. The first-order chi connectivity index (χ1) is 14.5. The van der Waals surface area contributed by atoms with Gasteiger partial charge < -0.3 is 5.32 Å². The average Bonchev–Trinajstić information content (AvgIpc) is 3.42. The Morgan fingerprint density at radius 2 is 1.87 bits per heavy atom. The fraction of sp³-hybridized carbons (Fsp3) is 0.208. The molecule has 0 bridgehead atoms. The first-order valence-electron chi connectivity index (χ1n) is 9.91. The SMILES string of the molecule is Cc1ccc(-c2csc(NC(=O)/C=C/c3ccc(C(=O)NC4CC4)cc3)n2)c(C)c1. The van der Waals surface area contributed by atoms with Crippen molar-refractivity contribution in [2.24, 2.45) is 0 Å². The van der Waals surface area contributed by atoms with Gasteiger partial charge in [0.15, 0.2) is 5.13 Å². The van der Waals surface area contributed by atoms with E-state index >= 15 is 0 Å². The van der Waals surface area contributed by atoms with E-state index in [0.717, 1.165) is 35.2 Å². The molecule has 6 heteroatoms. The Bertz CT molecular complexity index is 1110. The lowest BCUT2D eigenvalue weighted by atomic mass is 10.0. The summed E-state index contributed by atoms with van der Waals surface area (Å²) in [6.45, 7) is 4.12. The van der Waals surface area contributed by atoms with E-state index in [1.165, 1.54) is 23.0 Å². The van der Waals surface area contributed by atoms with Crippen LogP contribution in [0.15, 0.2) is 53.9 Å². The maximum absolute atomic E-state index is 12.3. The van der Waals surface area contributed by atoms with Gasteiger partial charge >= 0.3 is 0 Å². The lowest BCUT2D eigenvalue weighted by Crippen LogP contribution is -2.25. The summed E-state index contributed by atoms with van der Waals surface area (Å²) in [6, 6.07) is 13.8. The van der Waals surface area contributed by atoms with Crippen molar-refractivity contribution >= 4 is 34.4 Å². The second kappa shape index (κ2) is 8.63. The van der Waals surface area contributed by atoms with Crippen molar-refractivity contribution in [1.29, 1.82) is 0 Å². The van der Waals surface area contributed by atoms with E-state index in [2.05, 4.69) is 47.7 Å². The van der Waals surface area contributed by atoms with Crippen molar-refractivity contribution in [3.8, 4) is 11.3 Å². The zero-order valence-corrected chi connectivity index (χ0v) is 17.8. The predicted molar refractivity (Wildman–Crippen MR) is 122 cm³/mol. The van der Waals surface area contributed by atoms with Gasteiger partial charge in [-0.1, -0.05) is 35.9 Å². The zero-order valence-electron chi connectivity index (χ0n) is 16.9. The third-order valence-corrected chi connectivity index (χ3v) is 5.66. The number of thiazole rings is 1. The highest BCUT2D eigenvalue weighted by Gasteiger charge is 2.23. The Kier molecular flexibility index (Phi) is 5.77. The van der Waals surface area contributed by atoms with E-state index in [0.29, 0.717) is 16.7 Å². The normalized spacial score (nSPS) is 13.4. The average molecular weight is 418 g/mol. The summed E-state index contributed by atoms with van der Waals surface area (Å²) in [6.07, 6.45) is 5.31. The molecule has 4 rings (SSSR count). The molecule has 3 aromatic rings. The number of carbonyl (C=O) groups excluding carboxylic acids is 2. The molecule has 0 aliphatic heterocycles. The summed E-state index contributed by atoms with van der Waals surface area (Å²) < 4.78 is 0. The van der Waals surface area contributed by atoms with Gasteiger partial charge in [-0.2, -0.15) is 0 Å². The van der Waals surface area contributed by atoms with Crippen LogP contribution in [0.1, 0.15) is 39.9 Å². The third kappa shape index (κ3) is 5.02. The molecule has 0 unspecified atom stereocenters. The molecule has 0 saturated heterocycles. The highest BCUT2D eigenvalue weighted by atomic mass is 32.1. The first kappa shape index (κ1) is 20.0. The van der Waals surface area contributed by atoms with Crippen LogP contribution in [0.3, 0.4) is 0 Å². The first-order valence-corrected chi connectivity index (χ1v) is 10.8. The van der Waals surface area contributed by atoms with Crippen LogP contribution < -0.4 is 10.6 Å². The smallest absolute Gasteiger partial charge is 0.251 e. The maximum atomic E-state index is 12.3. The summed E-state index contributed by atoms with van der Waals surface area (Å²) >= 11 is 1.40. The molecule has 1 heterocycles. The van der Waals surface area contributed by atoms with Gasteiger partial charge in [-0.15, -0.1) is 11.3 Å². The third-order valence-electron chi connectivity index (χ3n) is 4.90. The monoisotopic (exact) mass is 417 g/mol. The minimum atomic E-state index is -0.243. The standard InChI is InChI=1S/C24H23N3O2S/c1-15-3-11-20(16(2)13-15)21-14-30-24(26-21)27-22(28)12-6-17-4-7-18(8-5-17)23(29)25-19-9-10-19/h3-8,11-14,19H,9-10H2,1-2H3,(H,25,29)(H,26,27,28)/b12-6+. The zero-order chi connectivity index (χ0) is 21.1. The van der Waals surface area contributed by atoms with Gasteiger partial charge in [0, 0.05) is 28.6 Å². The molecule has 2 amide bonds. The summed E-state index contributed by atoms with van der Waals surface area (Å²) in [7, 11) is 0. The minimum Gasteiger partial charge on any atom is -0.349 e. The topological polar surface area (TPSA) is 71.1 Å². The van der Waals surface area contributed by atoms with Crippen LogP contribution in [0.4, 0.5) is 5.13 Å². The van der Waals surface area contributed by atoms with Crippen LogP contribution >= 0.6 is 11.3 Å². The van der Waals surface area contributed by atoms with Crippen LogP contribution in [-0.4, -0.2) is 22.8 Å². The molecule has 5 nitrogen and oxygen atoms in total. The van der Waals surface area contributed by atoms with Gasteiger partial charge in [-0.3, -0.25) is 14.9 Å². The quantitative estimate of drug-likeness (QED) is 0.556. The number of benzene rings is 2. The highest BCUT2D eigenvalue weighted by Crippen LogP contribution is 2.28. The number of aryl methyl sites for hydroxylation is 2. The number of amides is 2. The Morgan fingerprint density at radius 3 is 2.57 bits per heavy atom. The Morgan fingerprint density at radius 1 is 1.10 bits per heavy atom. The van der Waals surface area contributed by atoms with Crippen LogP contribution in [-0.2, 0) is 4.79 Å². The molecule has 0 radical (unpaired) electrons. The number of rotatable bonds is 6. The lowest BCUT2D eigenvalue weighted by molar-refractivity contribution is -0.111. The number of hydrogen-bond acceptors (Lipinski definition) is 4. The minimum absolute atomic E-state index is 0.0471. The van der Waals surface area contributed by atoms with Gasteiger partial charge in [-0.05, 0) is 56.0 Å². The molecule has 1 fully saturated rings. The molecule has 0 spiro atoms. The molecule has 30 heavy (non-hydrogen) atoms. The predicted octanol–water partition coefficient (Wildman–Crippen LogP) is 4.97. The fourth-order valence-electron chi connectivity index (χ4n) is 3.12. The van der Waals surface area contributed by atoms with Gasteiger partial charge in [-0.25, -0.2) is 4.98 Å². The number of aromatic nitrogens is 1. The summed E-state index contributed by atoms with van der Waals surface area (Å²) in [4.78, 5) is 28.8. The van der Waals surface area contributed by atoms with E-state index in [1.807, 2.05) is 17.5 Å². The molecule has 1 aliphatic carbocycles. The van der Waals surface area contributed by atoms with E-state index in [-0.39, 0.29) is 11.8 Å². The van der Waals surface area contributed by atoms with E-state index in [9.17, 15) is 9.59 Å². The van der Waals surface area contributed by atoms with E-state index in [4.69, 9.17) is 0 Å². The molecule has 2 N–H and O–H groups in total. The summed E-state index contributed by atoms with van der Waals surface area (Å²) in [5, 5.41) is 8.28. The molecule has 0 atom stereocenters. The number of hydrogen-bond donors (Lipinski definition) is 2. The molecular weight excluding hydrogens is 394 g/mol. The number of nitrogens with zero attached hydrogens (tertiary/aromatic N) is 1. The molecule has 1 saturated carbocycles. The lowest BCUT2D eigenvalue weighted by Gasteiger charge is -2.03. The van der Waals surface area contributed by atoms with E-state index < -0.39 is 0 Å². The van der Waals surface area contributed by atoms with E-state index in [1.54, 1.807) is 18.2 Å². The Hall–Kier alpha value is -3.25. The molecule has 152 valence electrons. The van der Waals surface area contributed by atoms with Gasteiger partial charge in [0.2, 0.25) is 5.91 Å². The fourth-order valence-corrected chi connectivity index (χ4v) is 3.83. The molecule has 1 aromatic heterocycles. The van der Waals surface area contributed by atoms with Crippen molar-refractivity contribution in [1.82, 2.24) is 10.3 Å². The number of nitrogens with one attached hydrogen (secondary N) is 2. The van der Waals surface area contributed by atoms with Crippen molar-refractivity contribution in [3.05, 3.63) is 76.2 Å². The summed E-state index contributed by atoms with van der Waals surface area (Å²) in [5.41, 5.74) is 5.78. The Balaban J connectivity index is 1.36. The summed E-state index contributed by atoms with van der Waals surface area (Å²) in [5.74, 6) is -0.291. The van der Waals surface area contributed by atoms with Crippen LogP contribution in [0, 0.1) is 13.8 Å². The van der Waals surface area contributed by atoms with Crippen LogP contribution in [0.25, 0.3) is 17.3 Å². The van der Waals surface area contributed by atoms with Crippen molar-refractivity contribution in [3.63, 3.8) is 0 Å². The maximum Gasteiger partial charge on any atom is 0.251 e. The van der Waals surface area contributed by atoms with Crippen molar-refractivity contribution in [2.45, 2.75) is 32.7 Å². The van der Waals surface area contributed by atoms with Gasteiger partial charge in [0.25, 0.3) is 5.91 Å².